The highest BCUT2D eigenvalue weighted by Gasteiger charge is 2.16. The van der Waals surface area contributed by atoms with E-state index in [1.807, 2.05) is 0 Å². The fraction of sp³-hybridized carbons (Fsp3) is 0.167. The van der Waals surface area contributed by atoms with Gasteiger partial charge in [-0.3, -0.25) is 14.5 Å². The van der Waals surface area contributed by atoms with Crippen LogP contribution in [0.15, 0.2) is 35.1 Å². The number of fused-ring (bicyclic) bond motifs is 1. The number of aromatic nitrogens is 2. The third kappa shape index (κ3) is 4.32. The molecular formula is C18H14ClF3N4O2. The Labute approximate surface area is 162 Å². The van der Waals surface area contributed by atoms with Crippen molar-refractivity contribution in [1.29, 1.82) is 0 Å². The average Bonchev–Trinajstić information content (AvgIpc) is 2.61. The first kappa shape index (κ1) is 19.8. The van der Waals surface area contributed by atoms with Gasteiger partial charge in [-0.1, -0.05) is 11.6 Å². The van der Waals surface area contributed by atoms with Crippen molar-refractivity contribution >= 4 is 34.1 Å². The number of nitrogens with one attached hydrogen (secondary N) is 2. The maximum absolute atomic E-state index is 13.6. The van der Waals surface area contributed by atoms with Crippen LogP contribution in [0.4, 0.5) is 18.9 Å². The molecule has 0 aliphatic rings. The summed E-state index contributed by atoms with van der Waals surface area (Å²) >= 11 is 5.91. The van der Waals surface area contributed by atoms with Crippen LogP contribution in [-0.2, 0) is 11.3 Å². The Balaban J connectivity index is 1.69. The van der Waals surface area contributed by atoms with Gasteiger partial charge < -0.3 is 10.3 Å². The molecule has 1 aromatic heterocycles. The van der Waals surface area contributed by atoms with Gasteiger partial charge in [-0.25, -0.2) is 18.2 Å². The number of hydrogen-bond acceptors (Lipinski definition) is 4. The molecule has 0 radical (unpaired) electrons. The van der Waals surface area contributed by atoms with Gasteiger partial charge in [0.25, 0.3) is 5.56 Å². The summed E-state index contributed by atoms with van der Waals surface area (Å²) in [6.07, 6.45) is 0. The summed E-state index contributed by atoms with van der Waals surface area (Å²) in [4.78, 5) is 32.6. The molecule has 28 heavy (non-hydrogen) atoms. The van der Waals surface area contributed by atoms with Crippen molar-refractivity contribution in [1.82, 2.24) is 14.9 Å². The highest BCUT2D eigenvalue weighted by molar-refractivity contribution is 6.31. The third-order valence-corrected chi connectivity index (χ3v) is 4.10. The molecule has 0 saturated carbocycles. The number of amides is 1. The zero-order valence-electron chi connectivity index (χ0n) is 14.5. The number of likely N-dealkylation sites (N-methyl/N-ethyl adjacent to an activating group) is 1. The van der Waals surface area contributed by atoms with Crippen LogP contribution >= 0.6 is 11.6 Å². The standard InChI is InChI=1S/C18H14ClF3N4O2/c1-26(8-15(27)24-12-5-4-11(20)16(21)17(12)22)7-14-23-13-6-9(19)2-3-10(13)18(28)25-14/h2-6H,7-8H2,1H3,(H,24,27)(H,23,25,28). The van der Waals surface area contributed by atoms with Crippen LogP contribution in [-0.4, -0.2) is 34.4 Å². The summed E-state index contributed by atoms with van der Waals surface area (Å²) in [5.41, 5.74) is -0.407. The van der Waals surface area contributed by atoms with Gasteiger partial charge in [0.2, 0.25) is 5.91 Å². The van der Waals surface area contributed by atoms with Crippen molar-refractivity contribution < 1.29 is 18.0 Å². The van der Waals surface area contributed by atoms with Gasteiger partial charge in [0.1, 0.15) is 5.82 Å². The van der Waals surface area contributed by atoms with E-state index in [0.717, 1.165) is 6.07 Å². The van der Waals surface area contributed by atoms with Crippen LogP contribution in [0.2, 0.25) is 5.02 Å². The first-order valence-corrected chi connectivity index (χ1v) is 8.42. The van der Waals surface area contributed by atoms with E-state index in [0.29, 0.717) is 27.8 Å². The van der Waals surface area contributed by atoms with E-state index in [1.165, 1.54) is 4.90 Å². The van der Waals surface area contributed by atoms with Gasteiger partial charge >= 0.3 is 0 Å². The zero-order valence-corrected chi connectivity index (χ0v) is 15.3. The Hall–Kier alpha value is -2.91. The summed E-state index contributed by atoms with van der Waals surface area (Å²) < 4.78 is 39.8. The smallest absolute Gasteiger partial charge is 0.258 e. The summed E-state index contributed by atoms with van der Waals surface area (Å²) in [6.45, 7) is -0.110. The highest BCUT2D eigenvalue weighted by atomic mass is 35.5. The summed E-state index contributed by atoms with van der Waals surface area (Å²) in [6, 6.07) is 6.33. The van der Waals surface area contributed by atoms with Gasteiger partial charge in [-0.15, -0.1) is 0 Å². The Kier molecular flexibility index (Phi) is 5.66. The number of H-pyrrole nitrogens is 1. The van der Waals surface area contributed by atoms with E-state index >= 15 is 0 Å². The van der Waals surface area contributed by atoms with Crippen LogP contribution in [0.5, 0.6) is 0 Å². The minimum atomic E-state index is -1.66. The van der Waals surface area contributed by atoms with E-state index < -0.39 is 29.0 Å². The Morgan fingerprint density at radius 1 is 1.21 bits per heavy atom. The maximum atomic E-state index is 13.6. The van der Waals surface area contributed by atoms with Gasteiger partial charge in [0.05, 0.1) is 29.7 Å². The van der Waals surface area contributed by atoms with Gasteiger partial charge in [-0.2, -0.15) is 0 Å². The maximum Gasteiger partial charge on any atom is 0.258 e. The molecule has 2 N–H and O–H groups in total. The van der Waals surface area contributed by atoms with Crippen LogP contribution in [0.25, 0.3) is 10.9 Å². The minimum Gasteiger partial charge on any atom is -0.322 e. The fourth-order valence-electron chi connectivity index (χ4n) is 2.60. The molecule has 10 heteroatoms. The second-order valence-corrected chi connectivity index (χ2v) is 6.55. The molecule has 0 spiro atoms. The monoisotopic (exact) mass is 410 g/mol. The third-order valence-electron chi connectivity index (χ3n) is 3.86. The molecule has 0 aliphatic heterocycles. The lowest BCUT2D eigenvalue weighted by Crippen LogP contribution is -2.31. The number of carbonyl (C=O) groups excluding carboxylic acids is 1. The lowest BCUT2D eigenvalue weighted by atomic mass is 10.2. The average molecular weight is 411 g/mol. The van der Waals surface area contributed by atoms with Crippen molar-refractivity contribution in [3.63, 3.8) is 0 Å². The van der Waals surface area contributed by atoms with Crippen molar-refractivity contribution in [2.24, 2.45) is 0 Å². The van der Waals surface area contributed by atoms with Gasteiger partial charge in [-0.05, 0) is 37.4 Å². The quantitative estimate of drug-likeness (QED) is 0.634. The van der Waals surface area contributed by atoms with Crippen molar-refractivity contribution in [3.05, 3.63) is 69.0 Å². The molecule has 146 valence electrons. The lowest BCUT2D eigenvalue weighted by molar-refractivity contribution is -0.117. The number of carbonyl (C=O) groups is 1. The molecule has 0 unspecified atom stereocenters. The normalized spacial score (nSPS) is 11.2. The van der Waals surface area contributed by atoms with E-state index in [-0.39, 0.29) is 18.6 Å². The molecule has 0 fully saturated rings. The molecular weight excluding hydrogens is 397 g/mol. The number of nitrogens with zero attached hydrogens (tertiary/aromatic N) is 2. The number of rotatable bonds is 5. The van der Waals surface area contributed by atoms with E-state index in [2.05, 4.69) is 15.3 Å². The molecule has 6 nitrogen and oxygen atoms in total. The number of aromatic amines is 1. The predicted octanol–water partition coefficient (Wildman–Crippen LogP) is 3.06. The number of hydrogen-bond donors (Lipinski definition) is 2. The Morgan fingerprint density at radius 3 is 2.71 bits per heavy atom. The lowest BCUT2D eigenvalue weighted by Gasteiger charge is -2.16. The summed E-state index contributed by atoms with van der Waals surface area (Å²) in [5.74, 6) is -4.84. The number of halogens is 4. The van der Waals surface area contributed by atoms with Crippen molar-refractivity contribution in [2.45, 2.75) is 6.54 Å². The SMILES string of the molecule is CN(CC(=O)Nc1ccc(F)c(F)c1F)Cc1nc2cc(Cl)ccc2c(=O)[nH]1. The van der Waals surface area contributed by atoms with E-state index in [1.54, 1.807) is 25.2 Å². The van der Waals surface area contributed by atoms with Crippen LogP contribution < -0.4 is 10.9 Å². The second-order valence-electron chi connectivity index (χ2n) is 6.12. The minimum absolute atomic E-state index is 0.103. The van der Waals surface area contributed by atoms with Crippen molar-refractivity contribution in [2.75, 3.05) is 18.9 Å². The topological polar surface area (TPSA) is 78.1 Å². The summed E-state index contributed by atoms with van der Waals surface area (Å²) in [7, 11) is 1.57. The fourth-order valence-corrected chi connectivity index (χ4v) is 2.77. The first-order valence-electron chi connectivity index (χ1n) is 8.05. The van der Waals surface area contributed by atoms with E-state index in [9.17, 15) is 22.8 Å². The zero-order chi connectivity index (χ0) is 20.4. The second kappa shape index (κ2) is 7.99. The Morgan fingerprint density at radius 2 is 1.96 bits per heavy atom. The number of benzene rings is 2. The van der Waals surface area contributed by atoms with Gasteiger partial charge in [0.15, 0.2) is 17.5 Å². The molecule has 3 rings (SSSR count). The predicted molar refractivity (Wildman–Crippen MR) is 98.7 cm³/mol. The first-order chi connectivity index (χ1) is 13.2. The van der Waals surface area contributed by atoms with Gasteiger partial charge in [0, 0.05) is 5.02 Å². The Bertz CT molecular complexity index is 1120. The van der Waals surface area contributed by atoms with Crippen LogP contribution in [0.1, 0.15) is 5.82 Å². The molecule has 0 aliphatic carbocycles. The van der Waals surface area contributed by atoms with Crippen molar-refractivity contribution in [3.8, 4) is 0 Å². The molecule has 1 heterocycles. The molecule has 1 amide bonds. The van der Waals surface area contributed by atoms with E-state index in [4.69, 9.17) is 11.6 Å². The molecule has 3 aromatic rings. The highest BCUT2D eigenvalue weighted by Crippen LogP contribution is 2.19. The van der Waals surface area contributed by atoms with Crippen LogP contribution in [0.3, 0.4) is 0 Å². The largest absolute Gasteiger partial charge is 0.322 e. The molecule has 0 saturated heterocycles. The van der Waals surface area contributed by atoms with Crippen LogP contribution in [0, 0.1) is 17.5 Å². The summed E-state index contributed by atoms with van der Waals surface area (Å²) in [5, 5.41) is 2.98. The molecule has 0 atom stereocenters. The number of anilines is 1. The molecule has 2 aromatic carbocycles. The molecule has 0 bridgehead atoms.